The van der Waals surface area contributed by atoms with Crippen LogP contribution >= 0.6 is 0 Å². The first-order valence-corrected chi connectivity index (χ1v) is 7.06. The maximum atomic E-state index is 4.69. The number of rotatable bonds is 3. The fraction of sp³-hybridized carbons (Fsp3) is 0.533. The highest BCUT2D eigenvalue weighted by molar-refractivity contribution is 5.75. The number of aromatic nitrogens is 2. The maximum absolute atomic E-state index is 4.69. The van der Waals surface area contributed by atoms with E-state index in [0.717, 1.165) is 30.7 Å². The molecule has 1 atom stereocenters. The van der Waals surface area contributed by atoms with E-state index in [0.29, 0.717) is 6.04 Å². The van der Waals surface area contributed by atoms with Gasteiger partial charge in [0, 0.05) is 12.5 Å². The van der Waals surface area contributed by atoms with Crippen LogP contribution in [0.3, 0.4) is 0 Å². The number of nitrogens with zero attached hydrogens (tertiary/aromatic N) is 1. The molecule has 0 aliphatic carbocycles. The summed E-state index contributed by atoms with van der Waals surface area (Å²) in [6, 6.07) is 7.12. The molecular weight excluding hydrogens is 222 g/mol. The second-order valence-corrected chi connectivity index (χ2v) is 5.24. The molecule has 3 nitrogen and oxygen atoms in total. The van der Waals surface area contributed by atoms with Crippen molar-refractivity contribution in [2.45, 2.75) is 45.1 Å². The first kappa shape index (κ1) is 11.7. The number of hydrogen-bond donors (Lipinski definition) is 2. The summed E-state index contributed by atoms with van der Waals surface area (Å²) in [5.74, 6) is 1.12. The van der Waals surface area contributed by atoms with Gasteiger partial charge < -0.3 is 10.3 Å². The minimum absolute atomic E-state index is 0.602. The molecule has 3 rings (SSSR count). The molecule has 1 aliphatic rings. The molecule has 1 aliphatic heterocycles. The number of hydrogen-bond acceptors (Lipinski definition) is 2. The second-order valence-electron chi connectivity index (χ2n) is 5.24. The number of nitrogens with one attached hydrogen (secondary N) is 2. The van der Waals surface area contributed by atoms with Gasteiger partial charge in [-0.3, -0.25) is 0 Å². The van der Waals surface area contributed by atoms with Crippen LogP contribution in [0.5, 0.6) is 0 Å². The first-order chi connectivity index (χ1) is 8.85. The number of H-pyrrole nitrogens is 1. The summed E-state index contributed by atoms with van der Waals surface area (Å²) in [5, 5.41) is 3.57. The summed E-state index contributed by atoms with van der Waals surface area (Å²) in [6.45, 7) is 3.34. The Bertz CT molecular complexity index is 524. The van der Waals surface area contributed by atoms with Crippen LogP contribution in [-0.2, 0) is 12.8 Å². The lowest BCUT2D eigenvalue weighted by molar-refractivity contribution is 0.395. The number of benzene rings is 1. The van der Waals surface area contributed by atoms with Crippen molar-refractivity contribution in [3.8, 4) is 0 Å². The Morgan fingerprint density at radius 1 is 1.33 bits per heavy atom. The lowest BCUT2D eigenvalue weighted by Crippen LogP contribution is -2.35. The van der Waals surface area contributed by atoms with Crippen molar-refractivity contribution < 1.29 is 0 Å². The molecule has 3 heteroatoms. The van der Waals surface area contributed by atoms with Gasteiger partial charge in [0.15, 0.2) is 0 Å². The smallest absolute Gasteiger partial charge is 0.108 e. The Morgan fingerprint density at radius 2 is 2.28 bits per heavy atom. The van der Waals surface area contributed by atoms with E-state index in [4.69, 9.17) is 0 Å². The van der Waals surface area contributed by atoms with E-state index in [9.17, 15) is 0 Å². The molecule has 0 spiro atoms. The number of fused-ring (bicyclic) bond motifs is 1. The molecule has 96 valence electrons. The lowest BCUT2D eigenvalue weighted by Gasteiger charge is -2.22. The van der Waals surface area contributed by atoms with E-state index in [1.807, 2.05) is 0 Å². The highest BCUT2D eigenvalue weighted by atomic mass is 15.0. The number of aryl methyl sites for hydroxylation is 1. The van der Waals surface area contributed by atoms with Gasteiger partial charge in [0.1, 0.15) is 5.82 Å². The molecule has 0 bridgehead atoms. The van der Waals surface area contributed by atoms with Gasteiger partial charge in [-0.15, -0.1) is 0 Å². The summed E-state index contributed by atoms with van der Waals surface area (Å²) in [6.07, 6.45) is 6.04. The van der Waals surface area contributed by atoms with Crippen LogP contribution in [0, 0.1) is 0 Å². The number of imidazole rings is 1. The predicted molar refractivity (Wildman–Crippen MR) is 74.8 cm³/mol. The molecule has 0 saturated carbocycles. The molecule has 0 radical (unpaired) electrons. The predicted octanol–water partition coefficient (Wildman–Crippen LogP) is 2.81. The average Bonchev–Trinajstić information content (AvgIpc) is 2.80. The van der Waals surface area contributed by atoms with Crippen LogP contribution in [0.2, 0.25) is 0 Å². The van der Waals surface area contributed by atoms with Crippen LogP contribution in [0.15, 0.2) is 18.2 Å². The van der Waals surface area contributed by atoms with Gasteiger partial charge in [0.2, 0.25) is 0 Å². The van der Waals surface area contributed by atoms with E-state index in [1.54, 1.807) is 0 Å². The molecule has 2 aromatic rings. The first-order valence-electron chi connectivity index (χ1n) is 7.06. The molecule has 1 fully saturated rings. The zero-order valence-electron chi connectivity index (χ0n) is 11.0. The quantitative estimate of drug-likeness (QED) is 0.870. The Balaban J connectivity index is 1.79. The molecule has 0 amide bonds. The van der Waals surface area contributed by atoms with Crippen LogP contribution in [0.1, 0.15) is 37.6 Å². The molecule has 2 heterocycles. The summed E-state index contributed by atoms with van der Waals surface area (Å²) >= 11 is 0. The van der Waals surface area contributed by atoms with E-state index in [-0.39, 0.29) is 0 Å². The number of piperidine rings is 1. The fourth-order valence-electron chi connectivity index (χ4n) is 2.76. The van der Waals surface area contributed by atoms with E-state index < -0.39 is 0 Å². The maximum Gasteiger partial charge on any atom is 0.108 e. The van der Waals surface area contributed by atoms with Crippen molar-refractivity contribution in [3.63, 3.8) is 0 Å². The molecule has 1 aromatic carbocycles. The van der Waals surface area contributed by atoms with E-state index in [1.165, 1.54) is 30.3 Å². The summed E-state index contributed by atoms with van der Waals surface area (Å²) < 4.78 is 0. The van der Waals surface area contributed by atoms with Crippen molar-refractivity contribution in [2.24, 2.45) is 0 Å². The van der Waals surface area contributed by atoms with Gasteiger partial charge in [0.25, 0.3) is 0 Å². The Kier molecular flexibility index (Phi) is 3.33. The molecule has 1 aromatic heterocycles. The summed E-state index contributed by atoms with van der Waals surface area (Å²) in [4.78, 5) is 8.15. The van der Waals surface area contributed by atoms with Gasteiger partial charge >= 0.3 is 0 Å². The van der Waals surface area contributed by atoms with Gasteiger partial charge in [-0.1, -0.05) is 19.4 Å². The van der Waals surface area contributed by atoms with Crippen molar-refractivity contribution >= 4 is 11.0 Å². The average molecular weight is 243 g/mol. The topological polar surface area (TPSA) is 40.7 Å². The van der Waals surface area contributed by atoms with Crippen molar-refractivity contribution in [1.29, 1.82) is 0 Å². The normalized spacial score (nSPS) is 20.4. The Hall–Kier alpha value is -1.35. The van der Waals surface area contributed by atoms with E-state index >= 15 is 0 Å². The van der Waals surface area contributed by atoms with Crippen LogP contribution in [0.25, 0.3) is 11.0 Å². The third kappa shape index (κ3) is 2.41. The standard InChI is InChI=1S/C15H21N3/c1-2-11-6-7-13-14(9-11)18-15(17-13)10-12-5-3-4-8-16-12/h6-7,9,12,16H,2-5,8,10H2,1H3,(H,17,18). The minimum atomic E-state index is 0.602. The summed E-state index contributed by atoms with van der Waals surface area (Å²) in [7, 11) is 0. The van der Waals surface area contributed by atoms with Gasteiger partial charge in [-0.2, -0.15) is 0 Å². The molecule has 1 saturated heterocycles. The minimum Gasteiger partial charge on any atom is -0.342 e. The van der Waals surface area contributed by atoms with Crippen LogP contribution in [-0.4, -0.2) is 22.6 Å². The summed E-state index contributed by atoms with van der Waals surface area (Å²) in [5.41, 5.74) is 3.65. The van der Waals surface area contributed by atoms with Crippen LogP contribution in [0.4, 0.5) is 0 Å². The largest absolute Gasteiger partial charge is 0.342 e. The Labute approximate surface area is 108 Å². The highest BCUT2D eigenvalue weighted by Crippen LogP contribution is 2.17. The monoisotopic (exact) mass is 243 g/mol. The van der Waals surface area contributed by atoms with E-state index in [2.05, 4.69) is 40.4 Å². The van der Waals surface area contributed by atoms with Crippen molar-refractivity contribution in [3.05, 3.63) is 29.6 Å². The second kappa shape index (κ2) is 5.11. The Morgan fingerprint density at radius 3 is 3.06 bits per heavy atom. The van der Waals surface area contributed by atoms with Gasteiger partial charge in [-0.05, 0) is 43.5 Å². The third-order valence-corrected chi connectivity index (χ3v) is 3.86. The van der Waals surface area contributed by atoms with Crippen LogP contribution < -0.4 is 5.32 Å². The SMILES string of the molecule is CCc1ccc2nc(CC3CCCCN3)[nH]c2c1. The molecule has 18 heavy (non-hydrogen) atoms. The van der Waals surface area contributed by atoms with Crippen molar-refractivity contribution in [2.75, 3.05) is 6.54 Å². The zero-order valence-corrected chi connectivity index (χ0v) is 11.0. The zero-order chi connectivity index (χ0) is 12.4. The highest BCUT2D eigenvalue weighted by Gasteiger charge is 2.14. The molecule has 2 N–H and O–H groups in total. The fourth-order valence-corrected chi connectivity index (χ4v) is 2.76. The number of aromatic amines is 1. The molecule has 1 unspecified atom stereocenters. The van der Waals surface area contributed by atoms with Gasteiger partial charge in [-0.25, -0.2) is 4.98 Å². The third-order valence-electron chi connectivity index (χ3n) is 3.86. The van der Waals surface area contributed by atoms with Crippen molar-refractivity contribution in [1.82, 2.24) is 15.3 Å². The van der Waals surface area contributed by atoms with Gasteiger partial charge in [0.05, 0.1) is 11.0 Å². The lowest BCUT2D eigenvalue weighted by atomic mass is 10.0. The molecular formula is C15H21N3.